The van der Waals surface area contributed by atoms with E-state index < -0.39 is 20.8 Å². The third-order valence-electron chi connectivity index (χ3n) is 1.13. The Hall–Kier alpha value is -1.07. The van der Waals surface area contributed by atoms with Crippen LogP contribution in [0.15, 0.2) is 29.2 Å². The van der Waals surface area contributed by atoms with Crippen molar-refractivity contribution in [3.63, 3.8) is 0 Å². The maximum atomic E-state index is 10.3. The van der Waals surface area contributed by atoms with Crippen molar-refractivity contribution in [1.82, 2.24) is 0 Å². The molecule has 1 N–H and O–H groups in total. The minimum Gasteiger partial charge on any atom is -0.744 e. The van der Waals surface area contributed by atoms with Gasteiger partial charge in [0.1, 0.15) is 15.9 Å². The SMILES string of the molecule is O=S(=O)([O-])c1ccccc1O. The molecule has 0 saturated heterocycles. The molecule has 0 unspecified atom stereocenters. The van der Waals surface area contributed by atoms with E-state index in [1.54, 1.807) is 0 Å². The predicted molar refractivity (Wildman–Crippen MR) is 36.1 cm³/mol. The number of phenols is 1. The Morgan fingerprint density at radius 3 is 2.18 bits per heavy atom. The van der Waals surface area contributed by atoms with Gasteiger partial charge in [0.25, 0.3) is 0 Å². The molecule has 0 spiro atoms. The van der Waals surface area contributed by atoms with Gasteiger partial charge in [-0.25, -0.2) is 8.42 Å². The summed E-state index contributed by atoms with van der Waals surface area (Å²) in [4.78, 5) is -0.583. The van der Waals surface area contributed by atoms with Crippen molar-refractivity contribution in [2.24, 2.45) is 0 Å². The van der Waals surface area contributed by atoms with Crippen LogP contribution in [0.2, 0.25) is 0 Å². The number of phenolic OH excluding ortho intramolecular Hbond substituents is 1. The van der Waals surface area contributed by atoms with E-state index in [1.807, 2.05) is 0 Å². The van der Waals surface area contributed by atoms with Crippen molar-refractivity contribution < 1.29 is 18.1 Å². The highest BCUT2D eigenvalue weighted by molar-refractivity contribution is 7.85. The summed E-state index contributed by atoms with van der Waals surface area (Å²) in [5.41, 5.74) is 0. The second-order valence-electron chi connectivity index (χ2n) is 1.92. The number of para-hydroxylation sites is 1. The van der Waals surface area contributed by atoms with Crippen LogP contribution < -0.4 is 0 Å². The van der Waals surface area contributed by atoms with Crippen molar-refractivity contribution in [2.45, 2.75) is 4.90 Å². The fraction of sp³-hybridized carbons (Fsp3) is 0. The van der Waals surface area contributed by atoms with Crippen LogP contribution >= 0.6 is 0 Å². The van der Waals surface area contributed by atoms with E-state index in [-0.39, 0.29) is 0 Å². The number of hydrogen-bond acceptors (Lipinski definition) is 4. The van der Waals surface area contributed by atoms with Crippen LogP contribution in [0.4, 0.5) is 0 Å². The standard InChI is InChI=1S/C6H6O4S/c7-5-3-1-2-4-6(5)11(8,9)10/h1-4,7H,(H,8,9,10)/p-1. The largest absolute Gasteiger partial charge is 0.744 e. The summed E-state index contributed by atoms with van der Waals surface area (Å²) in [5, 5.41) is 8.87. The van der Waals surface area contributed by atoms with Crippen molar-refractivity contribution in [3.8, 4) is 5.75 Å². The molecule has 0 aromatic heterocycles. The quantitative estimate of drug-likeness (QED) is 0.619. The van der Waals surface area contributed by atoms with E-state index in [0.717, 1.165) is 12.1 Å². The Bertz CT molecular complexity index is 355. The Balaban J connectivity index is 3.37. The summed E-state index contributed by atoms with van der Waals surface area (Å²) in [6.07, 6.45) is 0. The number of aromatic hydroxyl groups is 1. The van der Waals surface area contributed by atoms with E-state index in [0.29, 0.717) is 0 Å². The average Bonchev–Trinajstić information content (AvgIpc) is 1.86. The van der Waals surface area contributed by atoms with Crippen LogP contribution in [-0.2, 0) is 10.1 Å². The average molecular weight is 173 g/mol. The highest BCUT2D eigenvalue weighted by atomic mass is 32.2. The lowest BCUT2D eigenvalue weighted by molar-refractivity contribution is 0.435. The molecule has 0 aliphatic carbocycles. The van der Waals surface area contributed by atoms with Gasteiger partial charge in [-0.3, -0.25) is 0 Å². The second-order valence-corrected chi connectivity index (χ2v) is 3.27. The molecule has 0 amide bonds. The first-order valence-corrected chi connectivity index (χ1v) is 4.16. The normalized spacial score (nSPS) is 11.4. The Labute approximate surface area is 63.9 Å². The van der Waals surface area contributed by atoms with E-state index in [9.17, 15) is 13.0 Å². The summed E-state index contributed by atoms with van der Waals surface area (Å²) >= 11 is 0. The lowest BCUT2D eigenvalue weighted by atomic mass is 10.3. The van der Waals surface area contributed by atoms with E-state index in [2.05, 4.69) is 0 Å². The molecule has 0 heterocycles. The Kier molecular flexibility index (Phi) is 1.84. The molecule has 1 aromatic carbocycles. The third-order valence-corrected chi connectivity index (χ3v) is 2.02. The van der Waals surface area contributed by atoms with Gasteiger partial charge in [0.2, 0.25) is 0 Å². The third kappa shape index (κ3) is 1.69. The molecule has 11 heavy (non-hydrogen) atoms. The lowest BCUT2D eigenvalue weighted by Crippen LogP contribution is -1.97. The van der Waals surface area contributed by atoms with Gasteiger partial charge in [-0.15, -0.1) is 0 Å². The lowest BCUT2D eigenvalue weighted by Gasteiger charge is -2.07. The Morgan fingerprint density at radius 1 is 1.27 bits per heavy atom. The first-order chi connectivity index (χ1) is 5.02. The first kappa shape index (κ1) is 8.03. The van der Waals surface area contributed by atoms with Crippen molar-refractivity contribution in [3.05, 3.63) is 24.3 Å². The summed E-state index contributed by atoms with van der Waals surface area (Å²) in [6.45, 7) is 0. The van der Waals surface area contributed by atoms with Gasteiger partial charge < -0.3 is 9.66 Å². The summed E-state index contributed by atoms with van der Waals surface area (Å²) < 4.78 is 31.0. The van der Waals surface area contributed by atoms with E-state index >= 15 is 0 Å². The minimum atomic E-state index is -4.53. The van der Waals surface area contributed by atoms with Crippen LogP contribution in [0.3, 0.4) is 0 Å². The highest BCUT2D eigenvalue weighted by Crippen LogP contribution is 2.20. The zero-order valence-corrected chi connectivity index (χ0v) is 6.21. The van der Waals surface area contributed by atoms with Gasteiger partial charge in [-0.05, 0) is 12.1 Å². The molecule has 60 valence electrons. The van der Waals surface area contributed by atoms with Gasteiger partial charge in [0.15, 0.2) is 0 Å². The smallest absolute Gasteiger partial charge is 0.133 e. The second kappa shape index (κ2) is 2.52. The molecule has 4 nitrogen and oxygen atoms in total. The van der Waals surface area contributed by atoms with Crippen LogP contribution in [0.5, 0.6) is 5.75 Å². The minimum absolute atomic E-state index is 0.512. The van der Waals surface area contributed by atoms with Gasteiger partial charge in [0.05, 0.1) is 4.90 Å². The van der Waals surface area contributed by atoms with Gasteiger partial charge >= 0.3 is 0 Å². The van der Waals surface area contributed by atoms with Crippen LogP contribution in [0, 0.1) is 0 Å². The molecule has 1 rings (SSSR count). The molecule has 0 aliphatic rings. The molecular formula is C6H5O4S-. The summed E-state index contributed by atoms with van der Waals surface area (Å²) in [7, 11) is -4.53. The summed E-state index contributed by atoms with van der Waals surface area (Å²) in [6, 6.07) is 5.00. The van der Waals surface area contributed by atoms with Crippen LogP contribution in [0.25, 0.3) is 0 Å². The number of hydrogen-bond donors (Lipinski definition) is 1. The molecule has 1 aromatic rings. The topological polar surface area (TPSA) is 77.4 Å². The zero-order chi connectivity index (χ0) is 8.48. The fourth-order valence-corrected chi connectivity index (χ4v) is 1.24. The molecule has 0 radical (unpaired) electrons. The van der Waals surface area contributed by atoms with E-state index in [4.69, 9.17) is 5.11 Å². The summed E-state index contributed by atoms with van der Waals surface area (Å²) in [5.74, 6) is -0.512. The molecule has 0 atom stereocenters. The monoisotopic (exact) mass is 173 g/mol. The van der Waals surface area contributed by atoms with Crippen molar-refractivity contribution in [2.75, 3.05) is 0 Å². The van der Waals surface area contributed by atoms with Crippen molar-refractivity contribution in [1.29, 1.82) is 0 Å². The first-order valence-electron chi connectivity index (χ1n) is 2.76. The van der Waals surface area contributed by atoms with Gasteiger partial charge in [-0.2, -0.15) is 0 Å². The van der Waals surface area contributed by atoms with Gasteiger partial charge in [-0.1, -0.05) is 12.1 Å². The van der Waals surface area contributed by atoms with Gasteiger partial charge in [0, 0.05) is 0 Å². The van der Waals surface area contributed by atoms with E-state index in [1.165, 1.54) is 12.1 Å². The number of rotatable bonds is 1. The predicted octanol–water partition coefficient (Wildman–Crippen LogP) is 0.296. The zero-order valence-electron chi connectivity index (χ0n) is 5.39. The molecule has 5 heteroatoms. The molecule has 0 aliphatic heterocycles. The maximum absolute atomic E-state index is 10.3. The number of benzene rings is 1. The van der Waals surface area contributed by atoms with Crippen LogP contribution in [0.1, 0.15) is 0 Å². The van der Waals surface area contributed by atoms with Crippen molar-refractivity contribution >= 4 is 10.1 Å². The highest BCUT2D eigenvalue weighted by Gasteiger charge is 2.04. The molecular weight excluding hydrogens is 168 g/mol. The Morgan fingerprint density at radius 2 is 1.82 bits per heavy atom. The molecule has 0 fully saturated rings. The maximum Gasteiger partial charge on any atom is 0.133 e. The fourth-order valence-electron chi connectivity index (χ4n) is 0.669. The molecule has 0 saturated carbocycles. The van der Waals surface area contributed by atoms with Crippen LogP contribution in [-0.4, -0.2) is 18.1 Å². The molecule has 0 bridgehead atoms.